The summed E-state index contributed by atoms with van der Waals surface area (Å²) in [4.78, 5) is 4.15. The Hall–Kier alpha value is -1.01. The maximum absolute atomic E-state index is 5.82. The summed E-state index contributed by atoms with van der Waals surface area (Å²) < 4.78 is 1.67. The molecule has 0 unspecified atom stereocenters. The molecule has 0 aromatic carbocycles. The standard InChI is InChI=1S/C8H10N4S2/c1-2-13-7-5-6(9)12(11-7)8-10-3-4-14-8/h3-5H,2,9H2,1H3. The van der Waals surface area contributed by atoms with Crippen LogP contribution in [-0.4, -0.2) is 20.5 Å². The van der Waals surface area contributed by atoms with Crippen LogP contribution < -0.4 is 5.73 Å². The molecular formula is C8H10N4S2. The number of hydrogen-bond donors (Lipinski definition) is 1. The number of aromatic nitrogens is 3. The first-order chi connectivity index (χ1) is 6.81. The largest absolute Gasteiger partial charge is 0.383 e. The molecule has 0 aliphatic carbocycles. The van der Waals surface area contributed by atoms with Crippen LogP contribution in [0.3, 0.4) is 0 Å². The fourth-order valence-electron chi connectivity index (χ4n) is 1.06. The predicted octanol–water partition coefficient (Wildman–Crippen LogP) is 2.02. The molecule has 0 aliphatic heterocycles. The Balaban J connectivity index is 2.35. The van der Waals surface area contributed by atoms with E-state index >= 15 is 0 Å². The Labute approximate surface area is 90.1 Å². The van der Waals surface area contributed by atoms with E-state index in [0.29, 0.717) is 5.82 Å². The Morgan fingerprint density at radius 3 is 3.14 bits per heavy atom. The van der Waals surface area contributed by atoms with Crippen molar-refractivity contribution in [2.24, 2.45) is 0 Å². The van der Waals surface area contributed by atoms with Gasteiger partial charge in [0.15, 0.2) is 0 Å². The Morgan fingerprint density at radius 1 is 1.64 bits per heavy atom. The average molecular weight is 226 g/mol. The molecule has 0 saturated heterocycles. The molecule has 0 spiro atoms. The zero-order chi connectivity index (χ0) is 9.97. The molecule has 2 rings (SSSR count). The summed E-state index contributed by atoms with van der Waals surface area (Å²) in [6.45, 7) is 2.09. The van der Waals surface area contributed by atoms with Crippen LogP contribution in [0.15, 0.2) is 22.7 Å². The number of nitrogens with two attached hydrogens (primary N) is 1. The number of nitrogens with zero attached hydrogens (tertiary/aromatic N) is 3. The van der Waals surface area contributed by atoms with E-state index in [1.165, 1.54) is 11.3 Å². The van der Waals surface area contributed by atoms with Gasteiger partial charge < -0.3 is 5.73 Å². The second-order valence-electron chi connectivity index (χ2n) is 2.57. The number of nitrogen functional groups attached to an aromatic ring is 1. The monoisotopic (exact) mass is 226 g/mol. The van der Waals surface area contributed by atoms with Crippen LogP contribution >= 0.6 is 23.1 Å². The SMILES string of the molecule is CCSc1cc(N)n(-c2nccs2)n1. The maximum Gasteiger partial charge on any atom is 0.212 e. The van der Waals surface area contributed by atoms with Gasteiger partial charge in [-0.1, -0.05) is 6.92 Å². The molecule has 0 saturated carbocycles. The first kappa shape index (κ1) is 9.54. The zero-order valence-electron chi connectivity index (χ0n) is 7.67. The molecule has 0 amide bonds. The second kappa shape index (κ2) is 4.02. The zero-order valence-corrected chi connectivity index (χ0v) is 9.31. The fraction of sp³-hybridized carbons (Fsp3) is 0.250. The molecule has 2 N–H and O–H groups in total. The number of anilines is 1. The van der Waals surface area contributed by atoms with Crippen LogP contribution in [0, 0.1) is 0 Å². The van der Waals surface area contributed by atoms with Crippen molar-refractivity contribution < 1.29 is 0 Å². The number of rotatable bonds is 3. The predicted molar refractivity (Wildman–Crippen MR) is 60.0 cm³/mol. The molecule has 6 heteroatoms. The number of thioether (sulfide) groups is 1. The minimum absolute atomic E-state index is 0.635. The van der Waals surface area contributed by atoms with Crippen molar-refractivity contribution in [3.63, 3.8) is 0 Å². The van der Waals surface area contributed by atoms with Gasteiger partial charge in [0.25, 0.3) is 0 Å². The lowest BCUT2D eigenvalue weighted by Gasteiger charge is -1.96. The lowest BCUT2D eigenvalue weighted by molar-refractivity contribution is 0.837. The number of hydrogen-bond acceptors (Lipinski definition) is 5. The van der Waals surface area contributed by atoms with Crippen molar-refractivity contribution in [2.45, 2.75) is 11.9 Å². The molecule has 2 heterocycles. The molecule has 4 nitrogen and oxygen atoms in total. The Kier molecular flexibility index (Phi) is 2.74. The van der Waals surface area contributed by atoms with E-state index in [1.807, 2.05) is 11.4 Å². The molecule has 0 atom stereocenters. The van der Waals surface area contributed by atoms with Gasteiger partial charge in [-0.15, -0.1) is 23.1 Å². The third kappa shape index (κ3) is 1.76. The first-order valence-corrected chi connectivity index (χ1v) is 6.06. The van der Waals surface area contributed by atoms with E-state index in [2.05, 4.69) is 17.0 Å². The van der Waals surface area contributed by atoms with E-state index in [0.717, 1.165) is 15.9 Å². The summed E-state index contributed by atoms with van der Waals surface area (Å²) in [5.74, 6) is 1.63. The molecule has 74 valence electrons. The summed E-state index contributed by atoms with van der Waals surface area (Å²) in [6.07, 6.45) is 1.74. The number of thiazole rings is 1. The minimum Gasteiger partial charge on any atom is -0.383 e. The normalized spacial score (nSPS) is 10.6. The molecule has 2 aromatic heterocycles. The third-order valence-corrected chi connectivity index (χ3v) is 3.14. The van der Waals surface area contributed by atoms with Crippen LogP contribution in [0.25, 0.3) is 5.13 Å². The lowest BCUT2D eigenvalue weighted by atomic mass is 10.6. The van der Waals surface area contributed by atoms with E-state index < -0.39 is 0 Å². The quantitative estimate of drug-likeness (QED) is 0.813. The summed E-state index contributed by atoms with van der Waals surface area (Å²) in [6, 6.07) is 1.87. The molecular weight excluding hydrogens is 216 g/mol. The van der Waals surface area contributed by atoms with E-state index in [-0.39, 0.29) is 0 Å². The van der Waals surface area contributed by atoms with Crippen LogP contribution in [0.5, 0.6) is 0 Å². The molecule has 0 fully saturated rings. The van der Waals surface area contributed by atoms with Crippen LogP contribution in [0.4, 0.5) is 5.82 Å². The van der Waals surface area contributed by atoms with Crippen molar-refractivity contribution in [1.29, 1.82) is 0 Å². The van der Waals surface area contributed by atoms with Gasteiger partial charge in [-0.25, -0.2) is 4.98 Å². The minimum atomic E-state index is 0.635. The molecule has 2 aromatic rings. The van der Waals surface area contributed by atoms with Gasteiger partial charge in [0.2, 0.25) is 5.13 Å². The molecule has 0 bridgehead atoms. The topological polar surface area (TPSA) is 56.7 Å². The van der Waals surface area contributed by atoms with Gasteiger partial charge in [-0.05, 0) is 5.75 Å². The third-order valence-electron chi connectivity index (χ3n) is 1.61. The molecule has 14 heavy (non-hydrogen) atoms. The highest BCUT2D eigenvalue weighted by Crippen LogP contribution is 2.22. The van der Waals surface area contributed by atoms with E-state index in [1.54, 1.807) is 22.6 Å². The van der Waals surface area contributed by atoms with Gasteiger partial charge in [0, 0.05) is 17.6 Å². The van der Waals surface area contributed by atoms with Crippen molar-refractivity contribution in [3.8, 4) is 5.13 Å². The van der Waals surface area contributed by atoms with Gasteiger partial charge in [-0.3, -0.25) is 0 Å². The molecule has 0 aliphatic rings. The van der Waals surface area contributed by atoms with Crippen LogP contribution in [0.1, 0.15) is 6.92 Å². The van der Waals surface area contributed by atoms with Crippen molar-refractivity contribution in [3.05, 3.63) is 17.6 Å². The van der Waals surface area contributed by atoms with Crippen LogP contribution in [0.2, 0.25) is 0 Å². The summed E-state index contributed by atoms with van der Waals surface area (Å²) in [7, 11) is 0. The van der Waals surface area contributed by atoms with Gasteiger partial charge >= 0.3 is 0 Å². The van der Waals surface area contributed by atoms with Gasteiger partial charge in [0.05, 0.1) is 0 Å². The summed E-state index contributed by atoms with van der Waals surface area (Å²) in [5.41, 5.74) is 5.82. The smallest absolute Gasteiger partial charge is 0.212 e. The molecule has 0 radical (unpaired) electrons. The van der Waals surface area contributed by atoms with Crippen molar-refractivity contribution in [2.75, 3.05) is 11.5 Å². The maximum atomic E-state index is 5.82. The van der Waals surface area contributed by atoms with Gasteiger partial charge in [-0.2, -0.15) is 9.78 Å². The lowest BCUT2D eigenvalue weighted by Crippen LogP contribution is -2.00. The Morgan fingerprint density at radius 2 is 2.50 bits per heavy atom. The highest BCUT2D eigenvalue weighted by molar-refractivity contribution is 7.99. The van der Waals surface area contributed by atoms with E-state index in [4.69, 9.17) is 5.73 Å². The van der Waals surface area contributed by atoms with Gasteiger partial charge in [0.1, 0.15) is 10.8 Å². The van der Waals surface area contributed by atoms with Crippen molar-refractivity contribution in [1.82, 2.24) is 14.8 Å². The van der Waals surface area contributed by atoms with E-state index in [9.17, 15) is 0 Å². The highest BCUT2D eigenvalue weighted by atomic mass is 32.2. The van der Waals surface area contributed by atoms with Crippen molar-refractivity contribution >= 4 is 28.9 Å². The summed E-state index contributed by atoms with van der Waals surface area (Å²) in [5, 5.41) is 8.01. The summed E-state index contributed by atoms with van der Waals surface area (Å²) >= 11 is 3.19. The fourth-order valence-corrected chi connectivity index (χ4v) is 2.32. The second-order valence-corrected chi connectivity index (χ2v) is 4.72. The Bertz CT molecular complexity index is 407. The average Bonchev–Trinajstić information content (AvgIpc) is 2.74. The highest BCUT2D eigenvalue weighted by Gasteiger charge is 2.07. The first-order valence-electron chi connectivity index (χ1n) is 4.19. The van der Waals surface area contributed by atoms with Crippen LogP contribution in [-0.2, 0) is 0 Å².